The molecule has 160 valence electrons. The van der Waals surface area contributed by atoms with Crippen LogP contribution in [0.4, 0.5) is 5.69 Å². The zero-order valence-corrected chi connectivity index (χ0v) is 17.3. The first-order valence-corrected chi connectivity index (χ1v) is 10.2. The highest BCUT2D eigenvalue weighted by Crippen LogP contribution is 2.37. The minimum absolute atomic E-state index is 0.0446. The molecule has 33 heavy (non-hydrogen) atoms. The molecule has 0 atom stereocenters. The second-order valence-electron chi connectivity index (χ2n) is 7.46. The van der Waals surface area contributed by atoms with Crippen molar-refractivity contribution in [1.82, 2.24) is 9.55 Å². The van der Waals surface area contributed by atoms with Crippen molar-refractivity contribution in [2.75, 3.05) is 0 Å². The van der Waals surface area contributed by atoms with Crippen LogP contribution >= 0.6 is 0 Å². The Morgan fingerprint density at radius 2 is 1.64 bits per heavy atom. The Morgan fingerprint density at radius 1 is 0.939 bits per heavy atom. The Hall–Kier alpha value is -4.78. The van der Waals surface area contributed by atoms with Crippen LogP contribution < -0.4 is 0 Å². The largest absolute Gasteiger partial charge is 0.478 e. The first kappa shape index (κ1) is 20.1. The summed E-state index contributed by atoms with van der Waals surface area (Å²) < 4.78 is 1.80. The summed E-state index contributed by atoms with van der Waals surface area (Å²) in [6.45, 7) is 0. The van der Waals surface area contributed by atoms with E-state index in [0.717, 1.165) is 22.2 Å². The average Bonchev–Trinajstić information content (AvgIpc) is 3.21. The van der Waals surface area contributed by atoms with Crippen molar-refractivity contribution in [2.24, 2.45) is 0 Å². The maximum Gasteiger partial charge on any atom is 0.337 e. The van der Waals surface area contributed by atoms with Crippen molar-refractivity contribution in [3.63, 3.8) is 0 Å². The lowest BCUT2D eigenvalue weighted by molar-refractivity contribution is -0.384. The first-order chi connectivity index (χ1) is 16.0. The lowest BCUT2D eigenvalue weighted by Gasteiger charge is -2.19. The number of benzene rings is 3. The highest BCUT2D eigenvalue weighted by Gasteiger charge is 2.24. The van der Waals surface area contributed by atoms with Gasteiger partial charge in [0.1, 0.15) is 0 Å². The van der Waals surface area contributed by atoms with Crippen LogP contribution in [0.3, 0.4) is 0 Å². The minimum atomic E-state index is -1.09. The second kappa shape index (κ2) is 8.05. The molecule has 2 aliphatic rings. The van der Waals surface area contributed by atoms with E-state index in [9.17, 15) is 20.0 Å². The number of nitrogens with zero attached hydrogens (tertiary/aromatic N) is 3. The van der Waals surface area contributed by atoms with Gasteiger partial charge in [0.2, 0.25) is 0 Å². The number of para-hydroxylation sites is 1. The first-order valence-electron chi connectivity index (χ1n) is 10.2. The Morgan fingerprint density at radius 3 is 2.33 bits per heavy atom. The number of rotatable bonds is 5. The normalized spacial score (nSPS) is 11.4. The molecule has 3 aromatic rings. The SMILES string of the molecule is O=C(O)c1cc2nc3ccccc3c-2n(-c2ccc([N+](=O)[O-])cc2)c1C=Cc1ccccc1. The van der Waals surface area contributed by atoms with Gasteiger partial charge < -0.3 is 9.67 Å². The molecule has 1 N–H and O–H groups in total. The van der Waals surface area contributed by atoms with E-state index in [-0.39, 0.29) is 11.3 Å². The lowest BCUT2D eigenvalue weighted by Crippen LogP contribution is -2.12. The van der Waals surface area contributed by atoms with Gasteiger partial charge in [0.05, 0.1) is 33.1 Å². The third-order valence-corrected chi connectivity index (χ3v) is 5.45. The fraction of sp³-hybridized carbons (Fsp3) is 0. The van der Waals surface area contributed by atoms with Crippen LogP contribution in [0.1, 0.15) is 21.6 Å². The van der Waals surface area contributed by atoms with Crippen LogP contribution in [-0.2, 0) is 0 Å². The van der Waals surface area contributed by atoms with Gasteiger partial charge >= 0.3 is 5.97 Å². The highest BCUT2D eigenvalue weighted by atomic mass is 16.6. The summed E-state index contributed by atoms with van der Waals surface area (Å²) in [5.41, 5.74) is 3.98. The topological polar surface area (TPSA) is 98.3 Å². The number of nitro benzene ring substituents is 1. The van der Waals surface area contributed by atoms with E-state index >= 15 is 0 Å². The number of carboxylic acid groups (broad SMARTS) is 1. The van der Waals surface area contributed by atoms with Gasteiger partial charge in [0.15, 0.2) is 0 Å². The molecule has 0 radical (unpaired) electrons. The summed E-state index contributed by atoms with van der Waals surface area (Å²) >= 11 is 0. The number of pyridine rings is 1. The Bertz CT molecular complexity index is 1500. The summed E-state index contributed by atoms with van der Waals surface area (Å²) in [7, 11) is 0. The third-order valence-electron chi connectivity index (χ3n) is 5.45. The number of hydrogen-bond acceptors (Lipinski definition) is 4. The van der Waals surface area contributed by atoms with E-state index in [1.54, 1.807) is 28.8 Å². The lowest BCUT2D eigenvalue weighted by atomic mass is 10.0. The molecule has 0 saturated heterocycles. The molecule has 7 nitrogen and oxygen atoms in total. The number of carbonyl (C=O) groups is 1. The summed E-state index contributed by atoms with van der Waals surface area (Å²) in [6, 6.07) is 24.7. The molecule has 0 spiro atoms. The van der Waals surface area contributed by atoms with Gasteiger partial charge in [-0.05, 0) is 35.9 Å². The molecule has 2 heterocycles. The summed E-state index contributed by atoms with van der Waals surface area (Å²) in [5.74, 6) is -1.09. The van der Waals surface area contributed by atoms with Crippen molar-refractivity contribution >= 4 is 34.7 Å². The molecule has 5 rings (SSSR count). The predicted octanol–water partition coefficient (Wildman–Crippen LogP) is 5.91. The van der Waals surface area contributed by atoms with Gasteiger partial charge in [-0.15, -0.1) is 0 Å². The van der Waals surface area contributed by atoms with Gasteiger partial charge in [-0.2, -0.15) is 0 Å². The van der Waals surface area contributed by atoms with Crippen molar-refractivity contribution in [3.8, 4) is 17.1 Å². The molecule has 7 heteroatoms. The molecule has 3 aromatic carbocycles. The smallest absolute Gasteiger partial charge is 0.337 e. The molecule has 0 unspecified atom stereocenters. The maximum atomic E-state index is 12.3. The van der Waals surface area contributed by atoms with E-state index in [1.165, 1.54) is 12.1 Å². The molecule has 0 bridgehead atoms. The number of hydrogen-bond donors (Lipinski definition) is 1. The van der Waals surface area contributed by atoms with Gasteiger partial charge in [-0.25, -0.2) is 9.78 Å². The minimum Gasteiger partial charge on any atom is -0.478 e. The third kappa shape index (κ3) is 3.61. The number of nitro groups is 1. The standard InChI is InChI=1S/C26H17N3O4/c30-26(31)21-16-23-25(20-8-4-5-9-22(20)27-23)28(18-11-13-19(14-12-18)29(32)33)24(21)15-10-17-6-2-1-3-7-17/h1-16H,(H,30,31). The van der Waals surface area contributed by atoms with Crippen LogP contribution in [0.5, 0.6) is 0 Å². The van der Waals surface area contributed by atoms with Gasteiger partial charge in [-0.3, -0.25) is 10.1 Å². The summed E-state index contributed by atoms with van der Waals surface area (Å²) in [5, 5.41) is 22.0. The van der Waals surface area contributed by atoms with Crippen molar-refractivity contribution in [2.45, 2.75) is 0 Å². The van der Waals surface area contributed by atoms with Crippen LogP contribution in [-0.4, -0.2) is 25.6 Å². The van der Waals surface area contributed by atoms with E-state index in [0.29, 0.717) is 17.1 Å². The monoisotopic (exact) mass is 435 g/mol. The molecule has 0 fully saturated rings. The molecular formula is C26H17N3O4. The fourth-order valence-electron chi connectivity index (χ4n) is 3.95. The molecule has 0 saturated carbocycles. The van der Waals surface area contributed by atoms with Crippen molar-refractivity contribution in [1.29, 1.82) is 0 Å². The van der Waals surface area contributed by atoms with Crippen LogP contribution in [0, 0.1) is 10.1 Å². The summed E-state index contributed by atoms with van der Waals surface area (Å²) in [4.78, 5) is 27.6. The van der Waals surface area contributed by atoms with Gasteiger partial charge in [0.25, 0.3) is 5.69 Å². The molecule has 0 amide bonds. The fourth-order valence-corrected chi connectivity index (χ4v) is 3.95. The maximum absolute atomic E-state index is 12.3. The number of non-ortho nitro benzene ring substituents is 1. The van der Waals surface area contributed by atoms with E-state index < -0.39 is 10.9 Å². The van der Waals surface area contributed by atoms with E-state index in [4.69, 9.17) is 0 Å². The number of aromatic nitrogens is 2. The Labute approximate surface area is 188 Å². The van der Waals surface area contributed by atoms with Crippen molar-refractivity contribution in [3.05, 3.63) is 112 Å². The number of aromatic carboxylic acids is 1. The zero-order chi connectivity index (χ0) is 22.9. The quantitative estimate of drug-likeness (QED) is 0.273. The average molecular weight is 435 g/mol. The summed E-state index contributed by atoms with van der Waals surface area (Å²) in [6.07, 6.45) is 3.59. The van der Waals surface area contributed by atoms with Crippen LogP contribution in [0.15, 0.2) is 84.9 Å². The molecule has 2 aliphatic heterocycles. The van der Waals surface area contributed by atoms with Gasteiger partial charge in [-0.1, -0.05) is 54.6 Å². The predicted molar refractivity (Wildman–Crippen MR) is 127 cm³/mol. The number of carboxylic acids is 1. The Kier molecular flexibility index (Phi) is 4.91. The molecule has 0 aliphatic carbocycles. The Balaban J connectivity index is 1.86. The second-order valence-corrected chi connectivity index (χ2v) is 7.46. The highest BCUT2D eigenvalue weighted by molar-refractivity contribution is 6.01. The molecule has 0 aromatic heterocycles. The van der Waals surface area contributed by atoms with E-state index in [2.05, 4.69) is 4.98 Å². The number of fused-ring (bicyclic) bond motifs is 3. The molecular weight excluding hydrogens is 418 g/mol. The van der Waals surface area contributed by atoms with Crippen LogP contribution in [0.2, 0.25) is 0 Å². The van der Waals surface area contributed by atoms with Crippen LogP contribution in [0.25, 0.3) is 40.1 Å². The van der Waals surface area contributed by atoms with E-state index in [1.807, 2.05) is 60.7 Å². The van der Waals surface area contributed by atoms with Crippen molar-refractivity contribution < 1.29 is 14.8 Å². The zero-order valence-electron chi connectivity index (χ0n) is 17.3. The van der Waals surface area contributed by atoms with Gasteiger partial charge in [0, 0.05) is 23.2 Å².